The van der Waals surface area contributed by atoms with E-state index < -0.39 is 23.6 Å². The molecule has 0 N–H and O–H groups in total. The predicted octanol–water partition coefficient (Wildman–Crippen LogP) is 2.04. The van der Waals surface area contributed by atoms with E-state index in [1.54, 1.807) is 24.3 Å². The molecule has 0 bridgehead atoms. The third-order valence-corrected chi connectivity index (χ3v) is 3.67. The average Bonchev–Trinajstić information content (AvgIpc) is 2.62. The molecule has 6 nitrogen and oxygen atoms in total. The summed E-state index contributed by atoms with van der Waals surface area (Å²) in [6, 6.07) is 15.7. The van der Waals surface area contributed by atoms with Gasteiger partial charge in [-0.15, -0.1) is 0 Å². The summed E-state index contributed by atoms with van der Waals surface area (Å²) >= 11 is 0. The summed E-state index contributed by atoms with van der Waals surface area (Å²) in [6.07, 6.45) is 1.50. The van der Waals surface area contributed by atoms with Gasteiger partial charge in [-0.1, -0.05) is 42.5 Å². The van der Waals surface area contributed by atoms with Crippen LogP contribution in [0.3, 0.4) is 0 Å². The summed E-state index contributed by atoms with van der Waals surface area (Å²) in [4.78, 5) is 36.9. The molecule has 2 aromatic carbocycles. The van der Waals surface area contributed by atoms with E-state index in [9.17, 15) is 14.4 Å². The van der Waals surface area contributed by atoms with Gasteiger partial charge < -0.3 is 4.74 Å². The van der Waals surface area contributed by atoms with E-state index in [1.165, 1.54) is 6.21 Å². The molecule has 1 amide bonds. The first-order valence-corrected chi connectivity index (χ1v) is 7.27. The van der Waals surface area contributed by atoms with Gasteiger partial charge in [0.1, 0.15) is 0 Å². The van der Waals surface area contributed by atoms with Crippen LogP contribution in [0.4, 0.5) is 5.69 Å². The van der Waals surface area contributed by atoms with Crippen LogP contribution < -0.4 is 5.01 Å². The number of amides is 1. The highest BCUT2D eigenvalue weighted by Crippen LogP contribution is 2.31. The van der Waals surface area contributed by atoms with Crippen molar-refractivity contribution in [1.29, 1.82) is 0 Å². The fraction of sp³-hybridized carbons (Fsp3) is 0.111. The van der Waals surface area contributed by atoms with Gasteiger partial charge in [0.15, 0.2) is 5.78 Å². The average molecular weight is 322 g/mol. The second kappa shape index (κ2) is 6.45. The van der Waals surface area contributed by atoms with Gasteiger partial charge in [0, 0.05) is 5.56 Å². The number of methoxy groups -OCH3 is 1. The molecule has 0 aromatic heterocycles. The second-order valence-electron chi connectivity index (χ2n) is 5.14. The topological polar surface area (TPSA) is 76.0 Å². The largest absolute Gasteiger partial charge is 0.468 e. The van der Waals surface area contributed by atoms with E-state index in [0.29, 0.717) is 5.69 Å². The van der Waals surface area contributed by atoms with Crippen LogP contribution in [0.2, 0.25) is 0 Å². The van der Waals surface area contributed by atoms with Crippen LogP contribution >= 0.6 is 0 Å². The molecule has 3 rings (SSSR count). The molecule has 1 aliphatic rings. The van der Waals surface area contributed by atoms with Gasteiger partial charge >= 0.3 is 5.97 Å². The first-order chi connectivity index (χ1) is 11.6. The molecule has 120 valence electrons. The summed E-state index contributed by atoms with van der Waals surface area (Å²) in [5, 5.41) is 5.25. The Kier molecular flexibility index (Phi) is 4.20. The molecule has 24 heavy (non-hydrogen) atoms. The van der Waals surface area contributed by atoms with Crippen molar-refractivity contribution in [3.63, 3.8) is 0 Å². The van der Waals surface area contributed by atoms with Crippen LogP contribution in [-0.2, 0) is 14.3 Å². The second-order valence-corrected chi connectivity index (χ2v) is 5.14. The minimum absolute atomic E-state index is 0.262. The third kappa shape index (κ3) is 2.69. The lowest BCUT2D eigenvalue weighted by Crippen LogP contribution is -2.46. The van der Waals surface area contributed by atoms with Crippen LogP contribution in [0.1, 0.15) is 15.9 Å². The number of ether oxygens (including phenoxy) is 1. The Morgan fingerprint density at radius 3 is 2.46 bits per heavy atom. The standard InChI is InChI=1S/C18H14N2O4/c1-24-18(23)15-16(21)13-9-5-6-10-14(13)20(17(15)22)19-11-12-7-3-2-4-8-12/h2-11,15H,1H3. The van der Waals surface area contributed by atoms with Crippen molar-refractivity contribution in [2.75, 3.05) is 12.1 Å². The lowest BCUT2D eigenvalue weighted by Gasteiger charge is -2.28. The Labute approximate surface area is 138 Å². The Bertz CT molecular complexity index is 830. The van der Waals surface area contributed by atoms with Gasteiger partial charge in [0.05, 0.1) is 19.0 Å². The van der Waals surface area contributed by atoms with Crippen LogP contribution in [0, 0.1) is 5.92 Å². The lowest BCUT2D eigenvalue weighted by molar-refractivity contribution is -0.147. The number of nitrogens with zero attached hydrogens (tertiary/aromatic N) is 2. The monoisotopic (exact) mass is 322 g/mol. The number of anilines is 1. The molecule has 0 saturated heterocycles. The van der Waals surface area contributed by atoms with Crippen molar-refractivity contribution in [2.24, 2.45) is 11.0 Å². The maximum Gasteiger partial charge on any atom is 0.326 e. The van der Waals surface area contributed by atoms with Gasteiger partial charge in [0.25, 0.3) is 5.91 Å². The van der Waals surface area contributed by atoms with Crippen molar-refractivity contribution < 1.29 is 19.1 Å². The fourth-order valence-corrected chi connectivity index (χ4v) is 2.48. The highest BCUT2D eigenvalue weighted by molar-refractivity contribution is 6.30. The fourth-order valence-electron chi connectivity index (χ4n) is 2.48. The molecule has 1 atom stereocenters. The van der Waals surface area contributed by atoms with E-state index in [0.717, 1.165) is 17.7 Å². The number of carbonyl (C=O) groups is 3. The summed E-state index contributed by atoms with van der Waals surface area (Å²) in [6.45, 7) is 0. The Morgan fingerprint density at radius 2 is 1.75 bits per heavy atom. The quantitative estimate of drug-likeness (QED) is 0.492. The van der Waals surface area contributed by atoms with Crippen molar-refractivity contribution in [3.8, 4) is 0 Å². The Morgan fingerprint density at radius 1 is 1.08 bits per heavy atom. The number of hydrazone groups is 1. The molecule has 1 aliphatic heterocycles. The maximum atomic E-state index is 12.6. The van der Waals surface area contributed by atoms with Crippen molar-refractivity contribution in [2.45, 2.75) is 0 Å². The van der Waals surface area contributed by atoms with Crippen LogP contribution in [-0.4, -0.2) is 31.0 Å². The summed E-state index contributed by atoms with van der Waals surface area (Å²) < 4.78 is 4.60. The number of hydrogen-bond acceptors (Lipinski definition) is 5. The molecule has 1 unspecified atom stereocenters. The summed E-state index contributed by atoms with van der Waals surface area (Å²) in [5.41, 5.74) is 1.40. The van der Waals surface area contributed by atoms with Crippen LogP contribution in [0.25, 0.3) is 0 Å². The third-order valence-electron chi connectivity index (χ3n) is 3.67. The van der Waals surface area contributed by atoms with E-state index in [1.807, 2.05) is 30.3 Å². The molecule has 0 aliphatic carbocycles. The van der Waals surface area contributed by atoms with Crippen molar-refractivity contribution in [1.82, 2.24) is 0 Å². The van der Waals surface area contributed by atoms with E-state index in [4.69, 9.17) is 0 Å². The molecular formula is C18H14N2O4. The first kappa shape index (κ1) is 15.6. The lowest BCUT2D eigenvalue weighted by atomic mass is 9.91. The molecule has 0 radical (unpaired) electrons. The molecule has 0 saturated carbocycles. The van der Waals surface area contributed by atoms with Gasteiger partial charge in [-0.2, -0.15) is 10.1 Å². The summed E-state index contributed by atoms with van der Waals surface area (Å²) in [5.74, 6) is -3.72. The maximum absolute atomic E-state index is 12.6. The highest BCUT2D eigenvalue weighted by atomic mass is 16.5. The van der Waals surface area contributed by atoms with E-state index in [-0.39, 0.29) is 5.56 Å². The number of esters is 1. The minimum atomic E-state index is -1.53. The van der Waals surface area contributed by atoms with E-state index in [2.05, 4.69) is 9.84 Å². The number of benzene rings is 2. The smallest absolute Gasteiger partial charge is 0.326 e. The molecule has 2 aromatic rings. The van der Waals surface area contributed by atoms with Crippen molar-refractivity contribution >= 4 is 29.6 Å². The molecule has 0 spiro atoms. The number of fused-ring (bicyclic) bond motifs is 1. The number of para-hydroxylation sites is 1. The van der Waals surface area contributed by atoms with E-state index >= 15 is 0 Å². The number of Topliss-reactive ketones (excluding diaryl/α,β-unsaturated/α-hetero) is 1. The SMILES string of the molecule is COC(=O)C1C(=O)c2ccccc2N(N=Cc2ccccc2)C1=O. The van der Waals surface area contributed by atoms with Gasteiger partial charge in [0.2, 0.25) is 5.92 Å². The highest BCUT2D eigenvalue weighted by Gasteiger charge is 2.44. The zero-order chi connectivity index (χ0) is 17.1. The molecule has 0 fully saturated rings. The van der Waals surface area contributed by atoms with Gasteiger partial charge in [-0.05, 0) is 17.7 Å². The number of hydrogen-bond donors (Lipinski definition) is 0. The van der Waals surface area contributed by atoms with Gasteiger partial charge in [-0.25, -0.2) is 0 Å². The first-order valence-electron chi connectivity index (χ1n) is 7.27. The Hall–Kier alpha value is -3.28. The number of ketones is 1. The van der Waals surface area contributed by atoms with Crippen molar-refractivity contribution in [3.05, 3.63) is 65.7 Å². The minimum Gasteiger partial charge on any atom is -0.468 e. The van der Waals surface area contributed by atoms with Gasteiger partial charge in [-0.3, -0.25) is 14.4 Å². The zero-order valence-corrected chi connectivity index (χ0v) is 12.9. The number of carbonyl (C=O) groups excluding carboxylic acids is 3. The predicted molar refractivity (Wildman–Crippen MR) is 87.8 cm³/mol. The normalized spacial score (nSPS) is 17.0. The summed E-state index contributed by atoms with van der Waals surface area (Å²) in [7, 11) is 1.14. The molecular weight excluding hydrogens is 308 g/mol. The molecule has 1 heterocycles. The zero-order valence-electron chi connectivity index (χ0n) is 12.9. The van der Waals surface area contributed by atoms with Crippen LogP contribution in [0.15, 0.2) is 59.7 Å². The Balaban J connectivity index is 2.05. The van der Waals surface area contributed by atoms with Crippen LogP contribution in [0.5, 0.6) is 0 Å². The number of rotatable bonds is 3. The molecule has 6 heteroatoms.